The highest BCUT2D eigenvalue weighted by Gasteiger charge is 2.30. The third kappa shape index (κ3) is 4.08. The van der Waals surface area contributed by atoms with Crippen molar-refractivity contribution in [2.45, 2.75) is 13.5 Å². The number of benzene rings is 1. The molecule has 0 aliphatic carbocycles. The first kappa shape index (κ1) is 18.4. The first-order chi connectivity index (χ1) is 13.1. The van der Waals surface area contributed by atoms with E-state index in [0.717, 1.165) is 5.56 Å². The third-order valence-electron chi connectivity index (χ3n) is 4.05. The molecule has 27 heavy (non-hydrogen) atoms. The molecule has 1 aliphatic heterocycles. The van der Waals surface area contributed by atoms with Gasteiger partial charge in [0.15, 0.2) is 0 Å². The SMILES string of the molecule is CCOC(=O)C1C=Nc2ccc(C(=O)OC)cc2C1=NCc1cccnc1. The lowest BCUT2D eigenvalue weighted by Gasteiger charge is -2.20. The van der Waals surface area contributed by atoms with Crippen LogP contribution in [0.1, 0.15) is 28.4 Å². The summed E-state index contributed by atoms with van der Waals surface area (Å²) in [4.78, 5) is 37.4. The predicted octanol–water partition coefficient (Wildman–Crippen LogP) is 2.75. The van der Waals surface area contributed by atoms with E-state index >= 15 is 0 Å². The van der Waals surface area contributed by atoms with Gasteiger partial charge in [0.05, 0.1) is 37.2 Å². The minimum Gasteiger partial charge on any atom is -0.465 e. The average Bonchev–Trinajstić information content (AvgIpc) is 2.71. The molecule has 0 bridgehead atoms. The molecule has 1 atom stereocenters. The Labute approximate surface area is 156 Å². The largest absolute Gasteiger partial charge is 0.465 e. The zero-order valence-electron chi connectivity index (χ0n) is 15.1. The van der Waals surface area contributed by atoms with Crippen molar-refractivity contribution in [2.75, 3.05) is 13.7 Å². The Balaban J connectivity index is 2.04. The summed E-state index contributed by atoms with van der Waals surface area (Å²) in [6.45, 7) is 2.34. The van der Waals surface area contributed by atoms with Crippen LogP contribution in [-0.2, 0) is 20.8 Å². The number of aliphatic imine (C=N–C) groups is 2. The summed E-state index contributed by atoms with van der Waals surface area (Å²) in [7, 11) is 1.32. The van der Waals surface area contributed by atoms with Gasteiger partial charge in [0, 0.05) is 24.2 Å². The molecular weight excluding hydrogens is 346 g/mol. The van der Waals surface area contributed by atoms with Gasteiger partial charge < -0.3 is 9.47 Å². The summed E-state index contributed by atoms with van der Waals surface area (Å²) >= 11 is 0. The number of nitrogens with zero attached hydrogens (tertiary/aromatic N) is 3. The number of hydrogen-bond donors (Lipinski definition) is 0. The van der Waals surface area contributed by atoms with E-state index in [1.54, 1.807) is 37.5 Å². The van der Waals surface area contributed by atoms with Crippen molar-refractivity contribution in [3.05, 3.63) is 59.4 Å². The van der Waals surface area contributed by atoms with E-state index in [9.17, 15) is 9.59 Å². The molecule has 1 unspecified atom stereocenters. The van der Waals surface area contributed by atoms with Crippen molar-refractivity contribution >= 4 is 29.6 Å². The molecule has 0 radical (unpaired) electrons. The van der Waals surface area contributed by atoms with Crippen LogP contribution < -0.4 is 0 Å². The maximum atomic E-state index is 12.4. The number of carbonyl (C=O) groups is 2. The van der Waals surface area contributed by atoms with Gasteiger partial charge in [-0.2, -0.15) is 0 Å². The van der Waals surface area contributed by atoms with Crippen LogP contribution in [-0.4, -0.2) is 42.6 Å². The van der Waals surface area contributed by atoms with Gasteiger partial charge in [-0.25, -0.2) is 4.79 Å². The van der Waals surface area contributed by atoms with Crippen LogP contribution in [0.3, 0.4) is 0 Å². The number of carbonyl (C=O) groups excluding carboxylic acids is 2. The molecule has 3 rings (SSSR count). The Morgan fingerprint density at radius 1 is 1.26 bits per heavy atom. The fourth-order valence-electron chi connectivity index (χ4n) is 2.75. The second-order valence-corrected chi connectivity index (χ2v) is 5.79. The zero-order chi connectivity index (χ0) is 19.2. The van der Waals surface area contributed by atoms with Gasteiger partial charge in [0.1, 0.15) is 5.92 Å². The molecule has 0 fully saturated rings. The standard InChI is InChI=1S/C20H19N3O4/c1-3-27-20(25)16-12-22-17-7-6-14(19(24)26-2)9-15(17)18(16)23-11-13-5-4-8-21-10-13/h4-10,12,16H,3,11H2,1-2H3. The summed E-state index contributed by atoms with van der Waals surface area (Å²) in [6.07, 6.45) is 4.93. The van der Waals surface area contributed by atoms with Gasteiger partial charge in [-0.3, -0.25) is 19.8 Å². The molecule has 0 saturated carbocycles. The van der Waals surface area contributed by atoms with E-state index in [1.807, 2.05) is 12.1 Å². The Bertz CT molecular complexity index is 907. The second kappa shape index (κ2) is 8.35. The Hall–Kier alpha value is -3.35. The van der Waals surface area contributed by atoms with Crippen LogP contribution >= 0.6 is 0 Å². The van der Waals surface area contributed by atoms with Crippen LogP contribution in [0.5, 0.6) is 0 Å². The maximum Gasteiger partial charge on any atom is 0.337 e. The number of rotatable bonds is 5. The van der Waals surface area contributed by atoms with Crippen molar-refractivity contribution in [3.63, 3.8) is 0 Å². The van der Waals surface area contributed by atoms with E-state index in [2.05, 4.69) is 15.0 Å². The van der Waals surface area contributed by atoms with Gasteiger partial charge in [-0.05, 0) is 36.8 Å². The highest BCUT2D eigenvalue weighted by atomic mass is 16.5. The minimum atomic E-state index is -0.734. The van der Waals surface area contributed by atoms with Gasteiger partial charge in [0.2, 0.25) is 0 Å². The Morgan fingerprint density at radius 2 is 2.11 bits per heavy atom. The molecule has 0 N–H and O–H groups in total. The topological polar surface area (TPSA) is 90.2 Å². The number of hydrogen-bond acceptors (Lipinski definition) is 7. The molecule has 2 aromatic rings. The lowest BCUT2D eigenvalue weighted by molar-refractivity contribution is -0.143. The molecule has 0 saturated heterocycles. The summed E-state index contributed by atoms with van der Waals surface area (Å²) in [5.74, 6) is -1.63. The van der Waals surface area contributed by atoms with Crippen molar-refractivity contribution in [3.8, 4) is 0 Å². The normalized spacial score (nSPS) is 16.7. The van der Waals surface area contributed by atoms with Crippen LogP contribution in [0, 0.1) is 5.92 Å². The molecule has 1 aromatic carbocycles. The van der Waals surface area contributed by atoms with E-state index < -0.39 is 17.9 Å². The highest BCUT2D eigenvalue weighted by Crippen LogP contribution is 2.29. The van der Waals surface area contributed by atoms with Crippen molar-refractivity contribution < 1.29 is 19.1 Å². The zero-order valence-corrected chi connectivity index (χ0v) is 15.1. The predicted molar refractivity (Wildman–Crippen MR) is 101 cm³/mol. The van der Waals surface area contributed by atoms with E-state index in [1.165, 1.54) is 13.3 Å². The molecular formula is C20H19N3O4. The molecule has 7 heteroatoms. The summed E-state index contributed by atoms with van der Waals surface area (Å²) in [5, 5.41) is 0. The Morgan fingerprint density at radius 3 is 2.81 bits per heavy atom. The lowest BCUT2D eigenvalue weighted by atomic mass is 9.92. The van der Waals surface area contributed by atoms with Crippen LogP contribution in [0.4, 0.5) is 5.69 Å². The van der Waals surface area contributed by atoms with Gasteiger partial charge >= 0.3 is 11.9 Å². The number of ether oxygens (including phenoxy) is 2. The second-order valence-electron chi connectivity index (χ2n) is 5.79. The molecule has 138 valence electrons. The first-order valence-corrected chi connectivity index (χ1v) is 8.50. The first-order valence-electron chi connectivity index (χ1n) is 8.50. The quantitative estimate of drug-likeness (QED) is 0.760. The molecule has 2 heterocycles. The number of pyridine rings is 1. The van der Waals surface area contributed by atoms with E-state index in [-0.39, 0.29) is 6.61 Å². The van der Waals surface area contributed by atoms with Gasteiger partial charge in [0.25, 0.3) is 0 Å². The van der Waals surface area contributed by atoms with Crippen molar-refractivity contribution in [1.82, 2.24) is 4.98 Å². The fraction of sp³-hybridized carbons (Fsp3) is 0.250. The summed E-state index contributed by atoms with van der Waals surface area (Å²) in [6, 6.07) is 8.71. The van der Waals surface area contributed by atoms with E-state index in [0.29, 0.717) is 29.1 Å². The third-order valence-corrected chi connectivity index (χ3v) is 4.05. The highest BCUT2D eigenvalue weighted by molar-refractivity contribution is 6.25. The van der Waals surface area contributed by atoms with E-state index in [4.69, 9.17) is 9.47 Å². The van der Waals surface area contributed by atoms with Crippen molar-refractivity contribution in [1.29, 1.82) is 0 Å². The molecule has 1 aromatic heterocycles. The average molecular weight is 365 g/mol. The lowest BCUT2D eigenvalue weighted by Crippen LogP contribution is -2.30. The number of aromatic nitrogens is 1. The number of fused-ring (bicyclic) bond motifs is 1. The monoisotopic (exact) mass is 365 g/mol. The number of esters is 2. The van der Waals surface area contributed by atoms with Crippen LogP contribution in [0.2, 0.25) is 0 Å². The van der Waals surface area contributed by atoms with Crippen LogP contribution in [0.15, 0.2) is 52.7 Å². The van der Waals surface area contributed by atoms with Gasteiger partial charge in [-0.15, -0.1) is 0 Å². The molecule has 0 amide bonds. The Kier molecular flexibility index (Phi) is 5.71. The molecule has 0 spiro atoms. The molecule has 1 aliphatic rings. The smallest absolute Gasteiger partial charge is 0.337 e. The number of methoxy groups -OCH3 is 1. The van der Waals surface area contributed by atoms with Gasteiger partial charge in [-0.1, -0.05) is 6.07 Å². The fourth-order valence-corrected chi connectivity index (χ4v) is 2.75. The maximum absolute atomic E-state index is 12.4. The minimum absolute atomic E-state index is 0.258. The summed E-state index contributed by atoms with van der Waals surface area (Å²) in [5.41, 5.74) is 3.02. The molecule has 7 nitrogen and oxygen atoms in total. The van der Waals surface area contributed by atoms with Crippen LogP contribution in [0.25, 0.3) is 0 Å². The van der Waals surface area contributed by atoms with Crippen molar-refractivity contribution in [2.24, 2.45) is 15.9 Å². The summed E-state index contributed by atoms with van der Waals surface area (Å²) < 4.78 is 9.95.